The monoisotopic (exact) mass is 437 g/mol. The summed E-state index contributed by atoms with van der Waals surface area (Å²) in [5.41, 5.74) is 2.93. The van der Waals surface area contributed by atoms with Gasteiger partial charge in [-0.05, 0) is 55.3 Å². The molecule has 1 N–H and O–H groups in total. The van der Waals surface area contributed by atoms with Crippen molar-refractivity contribution in [2.45, 2.75) is 18.8 Å². The quantitative estimate of drug-likeness (QED) is 0.417. The second kappa shape index (κ2) is 8.74. The smallest absolute Gasteiger partial charge is 0.277 e. The highest BCUT2D eigenvalue weighted by atomic mass is 16.4. The number of hydrogen-bond donors (Lipinski definition) is 1. The third-order valence-electron chi connectivity index (χ3n) is 5.65. The Kier molecular flexibility index (Phi) is 5.48. The molecule has 3 aromatic carbocycles. The summed E-state index contributed by atoms with van der Waals surface area (Å²) < 4.78 is 5.99. The predicted octanol–water partition coefficient (Wildman–Crippen LogP) is 5.75. The molecule has 5 rings (SSSR count). The second-order valence-corrected chi connectivity index (χ2v) is 8.11. The fraction of sp³-hybridized carbons (Fsp3) is 0.148. The maximum absolute atomic E-state index is 13.1. The normalized spacial score (nSPS) is 12.9. The van der Waals surface area contributed by atoms with Crippen LogP contribution in [-0.4, -0.2) is 23.8 Å². The van der Waals surface area contributed by atoms with E-state index in [2.05, 4.69) is 10.3 Å². The first kappa shape index (κ1) is 20.7. The summed E-state index contributed by atoms with van der Waals surface area (Å²) in [4.78, 5) is 32.2. The maximum atomic E-state index is 13.1. The molecule has 1 saturated carbocycles. The Balaban J connectivity index is 1.38. The third kappa shape index (κ3) is 4.41. The van der Waals surface area contributed by atoms with E-state index in [9.17, 15) is 9.59 Å². The van der Waals surface area contributed by atoms with Crippen LogP contribution in [-0.2, 0) is 0 Å². The first-order valence-electron chi connectivity index (χ1n) is 10.9. The Hall–Kier alpha value is -4.19. The molecule has 1 fully saturated rings. The van der Waals surface area contributed by atoms with Crippen molar-refractivity contribution in [1.29, 1.82) is 0 Å². The molecule has 0 aliphatic heterocycles. The van der Waals surface area contributed by atoms with E-state index < -0.39 is 0 Å². The van der Waals surface area contributed by atoms with Crippen molar-refractivity contribution in [2.75, 3.05) is 17.3 Å². The highest BCUT2D eigenvalue weighted by Gasteiger charge is 2.34. The number of carbonyl (C=O) groups excluding carboxylic acids is 2. The Morgan fingerprint density at radius 2 is 1.64 bits per heavy atom. The Morgan fingerprint density at radius 3 is 2.33 bits per heavy atom. The van der Waals surface area contributed by atoms with E-state index in [1.165, 1.54) is 0 Å². The Labute approximate surface area is 191 Å². The molecule has 0 atom stereocenters. The lowest BCUT2D eigenvalue weighted by molar-refractivity contribution is 0.0989. The van der Waals surface area contributed by atoms with E-state index >= 15 is 0 Å². The first-order valence-corrected chi connectivity index (χ1v) is 10.9. The molecule has 0 radical (unpaired) electrons. The fourth-order valence-electron chi connectivity index (χ4n) is 3.70. The number of nitrogens with zero attached hydrogens (tertiary/aromatic N) is 2. The number of anilines is 2. The van der Waals surface area contributed by atoms with Crippen molar-refractivity contribution in [2.24, 2.45) is 0 Å². The summed E-state index contributed by atoms with van der Waals surface area (Å²) in [5, 5.41) is 2.89. The number of oxazole rings is 1. The molecule has 2 amide bonds. The van der Waals surface area contributed by atoms with Gasteiger partial charge in [0.05, 0.1) is 0 Å². The number of carbonyl (C=O) groups is 2. The number of hydrogen-bond acceptors (Lipinski definition) is 4. The average Bonchev–Trinajstić information content (AvgIpc) is 3.62. The lowest BCUT2D eigenvalue weighted by atomic mass is 10.1. The number of rotatable bonds is 6. The molecule has 6 heteroatoms. The molecule has 4 aromatic rings. The molecule has 0 unspecified atom stereocenters. The van der Waals surface area contributed by atoms with E-state index in [4.69, 9.17) is 4.42 Å². The van der Waals surface area contributed by atoms with Gasteiger partial charge in [-0.3, -0.25) is 9.59 Å². The van der Waals surface area contributed by atoms with Gasteiger partial charge < -0.3 is 14.6 Å². The zero-order valence-electron chi connectivity index (χ0n) is 18.2. The van der Waals surface area contributed by atoms with Crippen molar-refractivity contribution in [3.8, 4) is 11.5 Å². The van der Waals surface area contributed by atoms with Gasteiger partial charge in [-0.25, -0.2) is 4.98 Å². The first-order chi connectivity index (χ1) is 16.1. The lowest BCUT2D eigenvalue weighted by Crippen LogP contribution is -2.26. The zero-order chi connectivity index (χ0) is 22.8. The molecular weight excluding hydrogens is 414 g/mol. The van der Waals surface area contributed by atoms with Crippen LogP contribution in [0, 0.1) is 0 Å². The van der Waals surface area contributed by atoms with Crippen molar-refractivity contribution in [3.63, 3.8) is 0 Å². The van der Waals surface area contributed by atoms with Gasteiger partial charge in [-0.1, -0.05) is 42.5 Å². The molecule has 6 nitrogen and oxygen atoms in total. The fourth-order valence-corrected chi connectivity index (χ4v) is 3.70. The zero-order valence-corrected chi connectivity index (χ0v) is 18.2. The van der Waals surface area contributed by atoms with Gasteiger partial charge in [0.25, 0.3) is 11.8 Å². The van der Waals surface area contributed by atoms with Crippen LogP contribution in [0.15, 0.2) is 89.3 Å². The van der Waals surface area contributed by atoms with Gasteiger partial charge >= 0.3 is 0 Å². The van der Waals surface area contributed by atoms with Crippen LogP contribution in [0.5, 0.6) is 0 Å². The van der Waals surface area contributed by atoms with Crippen molar-refractivity contribution >= 4 is 23.2 Å². The van der Waals surface area contributed by atoms with Crippen LogP contribution in [0.1, 0.15) is 45.4 Å². The van der Waals surface area contributed by atoms with Crippen LogP contribution in [0.4, 0.5) is 11.4 Å². The molecular formula is C27H23N3O3. The predicted molar refractivity (Wildman–Crippen MR) is 127 cm³/mol. The van der Waals surface area contributed by atoms with E-state index in [1.807, 2.05) is 60.7 Å². The van der Waals surface area contributed by atoms with Gasteiger partial charge in [0.2, 0.25) is 5.89 Å². The summed E-state index contributed by atoms with van der Waals surface area (Å²) in [7, 11) is 1.73. The van der Waals surface area contributed by atoms with E-state index in [-0.39, 0.29) is 17.7 Å². The molecule has 1 heterocycles. The van der Waals surface area contributed by atoms with E-state index in [1.54, 1.807) is 36.2 Å². The van der Waals surface area contributed by atoms with Gasteiger partial charge in [0.15, 0.2) is 5.69 Å². The topological polar surface area (TPSA) is 75.4 Å². The Morgan fingerprint density at radius 1 is 0.939 bits per heavy atom. The molecule has 1 aliphatic carbocycles. The van der Waals surface area contributed by atoms with Crippen molar-refractivity contribution in [3.05, 3.63) is 102 Å². The molecule has 0 saturated heterocycles. The van der Waals surface area contributed by atoms with Crippen LogP contribution >= 0.6 is 0 Å². The highest BCUT2D eigenvalue weighted by molar-refractivity contribution is 6.08. The minimum absolute atomic E-state index is 0.163. The van der Waals surface area contributed by atoms with Gasteiger partial charge in [-0.15, -0.1) is 0 Å². The van der Waals surface area contributed by atoms with Crippen LogP contribution in [0.25, 0.3) is 11.5 Å². The van der Waals surface area contributed by atoms with Gasteiger partial charge in [0, 0.05) is 35.5 Å². The maximum Gasteiger partial charge on any atom is 0.277 e. The minimum atomic E-state index is -0.344. The summed E-state index contributed by atoms with van der Waals surface area (Å²) in [6.45, 7) is 0. The summed E-state index contributed by atoms with van der Waals surface area (Å²) in [5.74, 6) is 0.786. The minimum Gasteiger partial charge on any atom is -0.440 e. The van der Waals surface area contributed by atoms with E-state index in [0.717, 1.165) is 24.1 Å². The van der Waals surface area contributed by atoms with Crippen molar-refractivity contribution in [1.82, 2.24) is 4.98 Å². The molecule has 164 valence electrons. The summed E-state index contributed by atoms with van der Waals surface area (Å²) in [6.07, 6.45) is 1.97. The van der Waals surface area contributed by atoms with E-state index in [0.29, 0.717) is 28.6 Å². The largest absolute Gasteiger partial charge is 0.440 e. The highest BCUT2D eigenvalue weighted by Crippen LogP contribution is 2.43. The van der Waals surface area contributed by atoms with Gasteiger partial charge in [0.1, 0.15) is 5.76 Å². The molecule has 33 heavy (non-hydrogen) atoms. The summed E-state index contributed by atoms with van der Waals surface area (Å²) in [6, 6.07) is 25.9. The standard InChI is InChI=1S/C27H23N3O3/c1-30(22-13-6-3-7-14-22)27(32)20-11-8-12-21(17-20)28-25(31)23-24(18-15-16-18)33-26(29-23)19-9-4-2-5-10-19/h2-14,17-18H,15-16H2,1H3,(H,28,31). The van der Waals surface area contributed by atoms with Crippen LogP contribution in [0.3, 0.4) is 0 Å². The Bertz CT molecular complexity index is 1290. The lowest BCUT2D eigenvalue weighted by Gasteiger charge is -2.17. The number of para-hydroxylation sites is 1. The van der Waals surface area contributed by atoms with Gasteiger partial charge in [-0.2, -0.15) is 0 Å². The number of aromatic nitrogens is 1. The molecule has 0 bridgehead atoms. The number of benzene rings is 3. The summed E-state index contributed by atoms with van der Waals surface area (Å²) >= 11 is 0. The average molecular weight is 437 g/mol. The van der Waals surface area contributed by atoms with Crippen LogP contribution in [0.2, 0.25) is 0 Å². The third-order valence-corrected chi connectivity index (χ3v) is 5.65. The van der Waals surface area contributed by atoms with Crippen LogP contribution < -0.4 is 10.2 Å². The number of amides is 2. The second-order valence-electron chi connectivity index (χ2n) is 8.11. The number of nitrogens with one attached hydrogen (secondary N) is 1. The molecule has 0 spiro atoms. The molecule has 1 aliphatic rings. The molecule has 1 aromatic heterocycles. The SMILES string of the molecule is CN(C(=O)c1cccc(NC(=O)c2nc(-c3ccccc3)oc2C2CC2)c1)c1ccccc1. The van der Waals surface area contributed by atoms with Crippen molar-refractivity contribution < 1.29 is 14.0 Å².